The monoisotopic (exact) mass is 246 g/mol. The average molecular weight is 246 g/mol. The third-order valence-corrected chi connectivity index (χ3v) is 2.82. The van der Waals surface area contributed by atoms with Gasteiger partial charge in [0.2, 0.25) is 0 Å². The Bertz CT molecular complexity index is 475. The average Bonchev–Trinajstić information content (AvgIpc) is 2.38. The molecule has 0 aliphatic rings. The normalized spacial score (nSPS) is 9.89. The lowest BCUT2D eigenvalue weighted by Gasteiger charge is -2.12. The Morgan fingerprint density at radius 2 is 2.06 bits per heavy atom. The molecule has 0 fully saturated rings. The van der Waals surface area contributed by atoms with E-state index in [9.17, 15) is 10.1 Å². The summed E-state index contributed by atoms with van der Waals surface area (Å²) in [6.45, 7) is 4.43. The van der Waals surface area contributed by atoms with E-state index in [1.165, 1.54) is 0 Å². The number of nitrogens with two attached hydrogens (primary N) is 1. The van der Waals surface area contributed by atoms with Gasteiger partial charge in [-0.15, -0.1) is 0 Å². The maximum absolute atomic E-state index is 11.5. The van der Waals surface area contributed by atoms with E-state index in [0.717, 1.165) is 16.7 Å². The van der Waals surface area contributed by atoms with Crippen LogP contribution in [0.25, 0.3) is 0 Å². The van der Waals surface area contributed by atoms with Gasteiger partial charge in [-0.25, -0.2) is 0 Å². The molecule has 0 saturated carbocycles. The molecule has 4 heteroatoms. The van der Waals surface area contributed by atoms with Crippen LogP contribution in [-0.4, -0.2) is 12.6 Å². The van der Waals surface area contributed by atoms with Gasteiger partial charge in [0, 0.05) is 6.54 Å². The number of nitriles is 1. The zero-order chi connectivity index (χ0) is 13.5. The highest BCUT2D eigenvalue weighted by atomic mass is 16.5. The third-order valence-electron chi connectivity index (χ3n) is 2.82. The van der Waals surface area contributed by atoms with Gasteiger partial charge in [0.25, 0.3) is 0 Å². The summed E-state index contributed by atoms with van der Waals surface area (Å²) in [5.74, 6) is -0.267. The number of esters is 1. The van der Waals surface area contributed by atoms with E-state index in [-0.39, 0.29) is 12.4 Å². The maximum Gasteiger partial charge on any atom is 0.310 e. The highest BCUT2D eigenvalue weighted by Crippen LogP contribution is 2.20. The topological polar surface area (TPSA) is 76.1 Å². The van der Waals surface area contributed by atoms with Gasteiger partial charge < -0.3 is 10.5 Å². The van der Waals surface area contributed by atoms with Crippen molar-refractivity contribution in [3.05, 3.63) is 34.4 Å². The molecule has 0 aliphatic carbocycles. The second-order valence-electron chi connectivity index (χ2n) is 3.89. The van der Waals surface area contributed by atoms with Crippen LogP contribution in [0.15, 0.2) is 12.1 Å². The van der Waals surface area contributed by atoms with Crippen LogP contribution in [0.3, 0.4) is 0 Å². The van der Waals surface area contributed by atoms with Crippen LogP contribution in [0, 0.1) is 11.3 Å². The fourth-order valence-corrected chi connectivity index (χ4v) is 1.99. The highest BCUT2D eigenvalue weighted by molar-refractivity contribution is 5.73. The molecule has 18 heavy (non-hydrogen) atoms. The van der Waals surface area contributed by atoms with Gasteiger partial charge in [0.05, 0.1) is 24.7 Å². The molecule has 0 aliphatic heterocycles. The molecule has 0 radical (unpaired) electrons. The molecular weight excluding hydrogens is 228 g/mol. The Morgan fingerprint density at radius 3 is 2.56 bits per heavy atom. The fraction of sp³-hybridized carbons (Fsp3) is 0.429. The predicted molar refractivity (Wildman–Crippen MR) is 68.8 cm³/mol. The number of benzene rings is 1. The quantitative estimate of drug-likeness (QED) is 0.802. The minimum absolute atomic E-state index is 0.205. The van der Waals surface area contributed by atoms with Crippen molar-refractivity contribution in [3.63, 3.8) is 0 Å². The summed E-state index contributed by atoms with van der Waals surface area (Å²) in [7, 11) is 0. The second-order valence-corrected chi connectivity index (χ2v) is 3.89. The van der Waals surface area contributed by atoms with E-state index in [1.807, 2.05) is 19.1 Å². The number of rotatable bonds is 5. The van der Waals surface area contributed by atoms with Crippen LogP contribution < -0.4 is 5.73 Å². The minimum Gasteiger partial charge on any atom is -0.466 e. The molecule has 2 N–H and O–H groups in total. The van der Waals surface area contributed by atoms with Crippen molar-refractivity contribution in [1.82, 2.24) is 0 Å². The van der Waals surface area contributed by atoms with Crippen molar-refractivity contribution in [2.75, 3.05) is 6.61 Å². The Balaban J connectivity index is 3.14. The minimum atomic E-state index is -0.267. The first-order valence-corrected chi connectivity index (χ1v) is 6.07. The number of hydrogen-bond acceptors (Lipinski definition) is 4. The van der Waals surface area contributed by atoms with Crippen molar-refractivity contribution >= 4 is 5.97 Å². The Labute approximate surface area is 107 Å². The first-order chi connectivity index (χ1) is 8.67. The van der Waals surface area contributed by atoms with Gasteiger partial charge in [-0.3, -0.25) is 4.79 Å². The Kier molecular flexibility index (Phi) is 5.34. The molecule has 1 aromatic rings. The number of ether oxygens (including phenoxy) is 1. The lowest BCUT2D eigenvalue weighted by atomic mass is 9.93. The standard InChI is InChI=1S/C14H18N2O2/c1-3-12-10(7-14(17)18-4-2)5-6-11(8-15)13(12)9-16/h5-6H,3-4,7-8,15H2,1-2H3. The molecule has 0 heterocycles. The van der Waals surface area contributed by atoms with Gasteiger partial charge in [-0.2, -0.15) is 5.26 Å². The van der Waals surface area contributed by atoms with Crippen LogP contribution in [-0.2, 0) is 28.9 Å². The van der Waals surface area contributed by atoms with E-state index in [4.69, 9.17) is 10.5 Å². The SMILES string of the molecule is CCOC(=O)Cc1ccc(CN)c(C#N)c1CC. The van der Waals surface area contributed by atoms with Crippen molar-refractivity contribution < 1.29 is 9.53 Å². The third kappa shape index (κ3) is 3.08. The number of carbonyl (C=O) groups excluding carboxylic acids is 1. The van der Waals surface area contributed by atoms with E-state index in [2.05, 4.69) is 6.07 Å². The molecule has 0 bridgehead atoms. The zero-order valence-electron chi connectivity index (χ0n) is 10.8. The van der Waals surface area contributed by atoms with E-state index >= 15 is 0 Å². The largest absolute Gasteiger partial charge is 0.466 e. The summed E-state index contributed by atoms with van der Waals surface area (Å²) >= 11 is 0. The summed E-state index contributed by atoms with van der Waals surface area (Å²) in [5, 5.41) is 9.20. The van der Waals surface area contributed by atoms with E-state index in [0.29, 0.717) is 25.1 Å². The van der Waals surface area contributed by atoms with Gasteiger partial charge in [-0.05, 0) is 30.0 Å². The number of hydrogen-bond donors (Lipinski definition) is 1. The first-order valence-electron chi connectivity index (χ1n) is 6.07. The smallest absolute Gasteiger partial charge is 0.310 e. The van der Waals surface area contributed by atoms with Crippen LogP contribution in [0.5, 0.6) is 0 Å². The van der Waals surface area contributed by atoms with Crippen LogP contribution in [0.4, 0.5) is 0 Å². The van der Waals surface area contributed by atoms with Crippen molar-refractivity contribution in [2.24, 2.45) is 5.73 Å². The lowest BCUT2D eigenvalue weighted by molar-refractivity contribution is -0.142. The molecule has 0 aromatic heterocycles. The van der Waals surface area contributed by atoms with Crippen molar-refractivity contribution in [3.8, 4) is 6.07 Å². The molecule has 0 unspecified atom stereocenters. The fourth-order valence-electron chi connectivity index (χ4n) is 1.99. The predicted octanol–water partition coefficient (Wildman–Crippen LogP) is 1.68. The molecular formula is C14H18N2O2. The molecule has 96 valence electrons. The molecule has 1 rings (SSSR count). The van der Waals surface area contributed by atoms with E-state index in [1.54, 1.807) is 6.92 Å². The van der Waals surface area contributed by atoms with Crippen LogP contribution in [0.1, 0.15) is 36.1 Å². The lowest BCUT2D eigenvalue weighted by Crippen LogP contribution is -2.11. The highest BCUT2D eigenvalue weighted by Gasteiger charge is 2.14. The van der Waals surface area contributed by atoms with Gasteiger partial charge in [0.1, 0.15) is 0 Å². The van der Waals surface area contributed by atoms with Gasteiger partial charge in [0.15, 0.2) is 0 Å². The summed E-state index contributed by atoms with van der Waals surface area (Å²) in [6, 6.07) is 5.85. The molecule has 0 amide bonds. The summed E-state index contributed by atoms with van der Waals surface area (Å²) in [6.07, 6.45) is 0.905. The zero-order valence-corrected chi connectivity index (χ0v) is 10.8. The summed E-state index contributed by atoms with van der Waals surface area (Å²) < 4.78 is 4.93. The number of carbonyl (C=O) groups is 1. The Morgan fingerprint density at radius 1 is 1.39 bits per heavy atom. The molecule has 4 nitrogen and oxygen atoms in total. The summed E-state index contributed by atoms with van der Waals surface area (Å²) in [4.78, 5) is 11.5. The summed E-state index contributed by atoms with van der Waals surface area (Å²) in [5.41, 5.74) is 8.77. The number of nitrogens with zero attached hydrogens (tertiary/aromatic N) is 1. The van der Waals surface area contributed by atoms with E-state index < -0.39 is 0 Å². The second kappa shape index (κ2) is 6.77. The first kappa shape index (κ1) is 14.2. The van der Waals surface area contributed by atoms with Crippen molar-refractivity contribution in [1.29, 1.82) is 5.26 Å². The molecule has 0 atom stereocenters. The van der Waals surface area contributed by atoms with Gasteiger partial charge >= 0.3 is 5.97 Å². The molecule has 0 saturated heterocycles. The molecule has 1 aromatic carbocycles. The Hall–Kier alpha value is -1.86. The van der Waals surface area contributed by atoms with Crippen LogP contribution >= 0.6 is 0 Å². The van der Waals surface area contributed by atoms with Crippen LogP contribution in [0.2, 0.25) is 0 Å². The van der Waals surface area contributed by atoms with Crippen molar-refractivity contribution in [2.45, 2.75) is 33.2 Å². The maximum atomic E-state index is 11.5. The molecule has 0 spiro atoms. The van der Waals surface area contributed by atoms with Gasteiger partial charge in [-0.1, -0.05) is 19.1 Å².